The number of ketones is 1. The van der Waals surface area contributed by atoms with E-state index in [9.17, 15) is 15.1 Å². The van der Waals surface area contributed by atoms with Gasteiger partial charge in [0, 0.05) is 11.6 Å². The van der Waals surface area contributed by atoms with E-state index in [0.29, 0.717) is 21.3 Å². The average Bonchev–Trinajstić information content (AvgIpc) is 2.34. The molecule has 0 atom stereocenters. The zero-order valence-electron chi connectivity index (χ0n) is 9.80. The van der Waals surface area contributed by atoms with Gasteiger partial charge in [-0.3, -0.25) is 4.79 Å². The van der Waals surface area contributed by atoms with E-state index in [1.54, 1.807) is 13.0 Å². The molecule has 5 heteroatoms. The second-order valence-corrected chi connectivity index (χ2v) is 4.10. The molecule has 0 fully saturated rings. The zero-order chi connectivity index (χ0) is 13.4. The fourth-order valence-corrected chi connectivity index (χ4v) is 1.71. The Morgan fingerprint density at radius 2 is 2.11 bits per heavy atom. The van der Waals surface area contributed by atoms with Gasteiger partial charge in [0.1, 0.15) is 5.69 Å². The molecule has 1 heterocycles. The van der Waals surface area contributed by atoms with Gasteiger partial charge in [0.05, 0.1) is 5.39 Å². The molecule has 92 valence electrons. The molecule has 0 aliphatic rings. The van der Waals surface area contributed by atoms with Gasteiger partial charge in [-0.25, -0.2) is 0 Å². The number of fused-ring (bicyclic) bond motifs is 1. The summed E-state index contributed by atoms with van der Waals surface area (Å²) in [5.41, 5.74) is 6.56. The van der Waals surface area contributed by atoms with Crippen molar-refractivity contribution in [1.29, 1.82) is 0 Å². The Kier molecular flexibility index (Phi) is 2.67. The lowest BCUT2D eigenvalue weighted by atomic mass is 10.0. The number of nitrogens with two attached hydrogens (primary N) is 1. The number of aromatic hydroxyl groups is 1. The summed E-state index contributed by atoms with van der Waals surface area (Å²) >= 11 is 0. The van der Waals surface area contributed by atoms with Crippen molar-refractivity contribution in [2.24, 2.45) is 0 Å². The van der Waals surface area contributed by atoms with E-state index in [1.165, 1.54) is 18.2 Å². The van der Waals surface area contributed by atoms with E-state index in [-0.39, 0.29) is 17.0 Å². The lowest BCUT2D eigenvalue weighted by molar-refractivity contribution is -0.585. The van der Waals surface area contributed by atoms with Gasteiger partial charge in [0.2, 0.25) is 5.52 Å². The molecule has 0 aliphatic heterocycles. The summed E-state index contributed by atoms with van der Waals surface area (Å²) in [4.78, 5) is 11.8. The van der Waals surface area contributed by atoms with E-state index in [0.717, 1.165) is 0 Å². The van der Waals surface area contributed by atoms with Crippen LogP contribution in [0, 0.1) is 5.21 Å². The summed E-state index contributed by atoms with van der Waals surface area (Å²) < 4.78 is 0.333. The molecule has 0 amide bonds. The molecule has 18 heavy (non-hydrogen) atoms. The largest absolute Gasteiger partial charge is 0.616 e. The Labute approximate surface area is 103 Å². The van der Waals surface area contributed by atoms with Crippen LogP contribution in [0.2, 0.25) is 0 Å². The normalized spacial score (nSPS) is 10.5. The highest BCUT2D eigenvalue weighted by Crippen LogP contribution is 2.22. The summed E-state index contributed by atoms with van der Waals surface area (Å²) in [6, 6.07) is 5.99. The maximum Gasteiger partial charge on any atom is 0.401 e. The van der Waals surface area contributed by atoms with Crippen LogP contribution in [0.15, 0.2) is 36.4 Å². The number of nitrogens with zero attached hydrogens (tertiary/aromatic N) is 1. The third-order valence-corrected chi connectivity index (χ3v) is 2.66. The van der Waals surface area contributed by atoms with Gasteiger partial charge in [-0.15, -0.1) is 4.73 Å². The zero-order valence-corrected chi connectivity index (χ0v) is 9.80. The number of benzene rings is 1. The lowest BCUT2D eigenvalue weighted by Crippen LogP contribution is -2.28. The smallest absolute Gasteiger partial charge is 0.401 e. The van der Waals surface area contributed by atoms with Crippen LogP contribution >= 0.6 is 0 Å². The van der Waals surface area contributed by atoms with Crippen molar-refractivity contribution in [3.63, 3.8) is 0 Å². The van der Waals surface area contributed by atoms with Crippen LogP contribution in [0.1, 0.15) is 17.3 Å². The molecule has 1 aromatic heterocycles. The summed E-state index contributed by atoms with van der Waals surface area (Å²) in [5.74, 6) is -0.734. The number of rotatable bonds is 2. The quantitative estimate of drug-likeness (QED) is 0.362. The van der Waals surface area contributed by atoms with Gasteiger partial charge in [-0.05, 0) is 30.7 Å². The third kappa shape index (κ3) is 1.75. The fraction of sp³-hybridized carbons (Fsp3) is 0.0769. The van der Waals surface area contributed by atoms with Crippen LogP contribution in [0.5, 0.6) is 5.88 Å². The number of nitrogen functional groups attached to an aromatic ring is 1. The molecule has 0 bridgehead atoms. The number of aromatic nitrogens is 1. The van der Waals surface area contributed by atoms with Gasteiger partial charge in [-0.2, -0.15) is 0 Å². The number of anilines is 1. The van der Waals surface area contributed by atoms with Crippen LogP contribution in [0.25, 0.3) is 10.9 Å². The van der Waals surface area contributed by atoms with E-state index in [2.05, 4.69) is 6.58 Å². The first-order valence-corrected chi connectivity index (χ1v) is 5.27. The predicted molar refractivity (Wildman–Crippen MR) is 68.1 cm³/mol. The number of pyridine rings is 1. The second kappa shape index (κ2) is 4.03. The molecule has 2 aromatic rings. The van der Waals surface area contributed by atoms with Gasteiger partial charge in [-0.1, -0.05) is 6.58 Å². The van der Waals surface area contributed by atoms with Crippen LogP contribution in [0.4, 0.5) is 5.69 Å². The fourth-order valence-electron chi connectivity index (χ4n) is 1.71. The molecule has 3 N–H and O–H groups in total. The molecule has 5 nitrogen and oxygen atoms in total. The Morgan fingerprint density at radius 1 is 1.44 bits per heavy atom. The molecule has 0 saturated heterocycles. The molecular weight excluding hydrogens is 232 g/mol. The van der Waals surface area contributed by atoms with Gasteiger partial charge >= 0.3 is 5.88 Å². The molecule has 0 spiro atoms. The summed E-state index contributed by atoms with van der Waals surface area (Å²) in [6.45, 7) is 5.20. The Balaban J connectivity index is 2.70. The number of carbonyl (C=O) groups excluding carboxylic acids is 1. The monoisotopic (exact) mass is 244 g/mol. The van der Waals surface area contributed by atoms with Crippen LogP contribution in [-0.2, 0) is 0 Å². The number of carbonyl (C=O) groups is 1. The summed E-state index contributed by atoms with van der Waals surface area (Å²) in [6.07, 6.45) is 0. The highest BCUT2D eigenvalue weighted by atomic mass is 16.5. The minimum atomic E-state index is -0.540. The maximum atomic E-state index is 11.8. The SMILES string of the molecule is C=C(C)C(=O)c1ccc2c(c1)cc(N)c(O)[n+]2[O-]. The van der Waals surface area contributed by atoms with Crippen LogP contribution in [-0.4, -0.2) is 10.9 Å². The van der Waals surface area contributed by atoms with Crippen molar-refractivity contribution in [1.82, 2.24) is 0 Å². The molecule has 1 aromatic carbocycles. The Hall–Kier alpha value is -2.56. The minimum Gasteiger partial charge on any atom is -0.616 e. The second-order valence-electron chi connectivity index (χ2n) is 4.10. The average molecular weight is 244 g/mol. The van der Waals surface area contributed by atoms with Crippen LogP contribution in [0.3, 0.4) is 0 Å². The van der Waals surface area contributed by atoms with Gasteiger partial charge in [0.15, 0.2) is 5.78 Å². The van der Waals surface area contributed by atoms with Crippen molar-refractivity contribution in [2.45, 2.75) is 6.92 Å². The van der Waals surface area contributed by atoms with E-state index in [4.69, 9.17) is 5.73 Å². The first-order valence-electron chi connectivity index (χ1n) is 5.27. The van der Waals surface area contributed by atoms with Crippen molar-refractivity contribution >= 4 is 22.4 Å². The van der Waals surface area contributed by atoms with Gasteiger partial charge in [0.25, 0.3) is 0 Å². The Bertz CT molecular complexity index is 677. The number of hydrogen-bond donors (Lipinski definition) is 2. The standard InChI is InChI=1S/C13H12N2O3/c1-7(2)12(16)8-3-4-11-9(5-8)6-10(14)13(17)15(11)18/h3-6,17H,1,14H2,2H3. The van der Waals surface area contributed by atoms with E-state index >= 15 is 0 Å². The Morgan fingerprint density at radius 3 is 2.72 bits per heavy atom. The summed E-state index contributed by atoms with van der Waals surface area (Å²) in [5, 5.41) is 21.6. The number of hydrogen-bond acceptors (Lipinski definition) is 4. The predicted octanol–water partition coefficient (Wildman–Crippen LogP) is 1.52. The molecule has 0 saturated carbocycles. The third-order valence-electron chi connectivity index (χ3n) is 2.66. The van der Waals surface area contributed by atoms with Gasteiger partial charge < -0.3 is 16.0 Å². The molecular formula is C13H12N2O3. The maximum absolute atomic E-state index is 11.8. The van der Waals surface area contributed by atoms with Crippen molar-refractivity contribution in [2.75, 3.05) is 5.73 Å². The molecule has 0 aliphatic carbocycles. The van der Waals surface area contributed by atoms with Crippen LogP contribution < -0.4 is 10.5 Å². The van der Waals surface area contributed by atoms with E-state index in [1.807, 2.05) is 0 Å². The molecule has 0 radical (unpaired) electrons. The molecule has 2 rings (SSSR count). The van der Waals surface area contributed by atoms with E-state index < -0.39 is 5.88 Å². The van der Waals surface area contributed by atoms with Crippen molar-refractivity contribution in [3.8, 4) is 5.88 Å². The first kappa shape index (κ1) is 11.9. The lowest BCUT2D eigenvalue weighted by Gasteiger charge is -2.06. The number of Topliss-reactive ketones (excluding diaryl/α,β-unsaturated/α-hetero) is 1. The highest BCUT2D eigenvalue weighted by Gasteiger charge is 2.16. The first-order chi connectivity index (χ1) is 8.41. The molecule has 0 unspecified atom stereocenters. The summed E-state index contributed by atoms with van der Waals surface area (Å²) in [7, 11) is 0. The highest BCUT2D eigenvalue weighted by molar-refractivity contribution is 6.09. The topological polar surface area (TPSA) is 90.3 Å². The minimum absolute atomic E-state index is 0.0302. The van der Waals surface area contributed by atoms with Crippen molar-refractivity contribution < 1.29 is 14.6 Å². The number of allylic oxidation sites excluding steroid dienone is 1. The van der Waals surface area contributed by atoms with Crippen molar-refractivity contribution in [3.05, 3.63) is 47.2 Å².